The van der Waals surface area contributed by atoms with Crippen molar-refractivity contribution >= 4 is 0 Å². The molecule has 2 aromatic heterocycles. The number of aromatic amines is 2. The van der Waals surface area contributed by atoms with Crippen LogP contribution in [0.1, 0.15) is 11.4 Å². The van der Waals surface area contributed by atoms with Crippen LogP contribution in [-0.2, 0) is 0 Å². The van der Waals surface area contributed by atoms with Crippen LogP contribution >= 0.6 is 0 Å². The highest BCUT2D eigenvalue weighted by atomic mass is 14.7. The molecule has 2 aromatic rings. The van der Waals surface area contributed by atoms with Gasteiger partial charge in [0.15, 0.2) is 0 Å². The van der Waals surface area contributed by atoms with Crippen molar-refractivity contribution in [3.63, 3.8) is 0 Å². The van der Waals surface area contributed by atoms with Gasteiger partial charge in [-0.3, -0.25) is 0 Å². The average molecular weight is 180 g/mol. The van der Waals surface area contributed by atoms with Crippen LogP contribution in [0.25, 0.3) is 0 Å². The Balaban J connectivity index is 2.07. The van der Waals surface area contributed by atoms with Crippen molar-refractivity contribution in [3.05, 3.63) is 48.0 Å². The van der Waals surface area contributed by atoms with E-state index in [0.717, 1.165) is 11.4 Å². The molecule has 2 N–H and O–H groups in total. The van der Waals surface area contributed by atoms with E-state index in [1.807, 2.05) is 36.7 Å². The van der Waals surface area contributed by atoms with Crippen molar-refractivity contribution in [1.29, 1.82) is 0 Å². The minimum absolute atomic E-state index is 0.880. The van der Waals surface area contributed by atoms with E-state index in [0.29, 0.717) is 0 Å². The Kier molecular flexibility index (Phi) is 2.41. The summed E-state index contributed by atoms with van der Waals surface area (Å²) in [4.78, 5) is 5.96. The zero-order valence-electron chi connectivity index (χ0n) is 7.46. The molecule has 0 radical (unpaired) electrons. The van der Waals surface area contributed by atoms with Crippen LogP contribution in [0.4, 0.5) is 0 Å². The first kappa shape index (κ1) is 8.29. The van der Waals surface area contributed by atoms with Crippen LogP contribution in [0.5, 0.6) is 0 Å². The molecule has 0 aromatic carbocycles. The van der Waals surface area contributed by atoms with Gasteiger partial charge in [0.25, 0.3) is 0 Å². The smallest absolute Gasteiger partial charge is 0.0903 e. The maximum absolute atomic E-state index is 2.98. The predicted molar refractivity (Wildman–Crippen MR) is 55.3 cm³/mol. The van der Waals surface area contributed by atoms with Crippen LogP contribution in [-0.4, -0.2) is 9.97 Å². The Labute approximate surface area is 82.4 Å². The Morgan fingerprint density at radius 2 is 1.29 bits per heavy atom. The Hall–Kier alpha value is -2.32. The van der Waals surface area contributed by atoms with E-state index in [-0.39, 0.29) is 0 Å². The van der Waals surface area contributed by atoms with Gasteiger partial charge in [0.05, 0.1) is 11.4 Å². The Morgan fingerprint density at radius 3 is 1.64 bits per heavy atom. The monoisotopic (exact) mass is 180 g/mol. The molecule has 2 rings (SSSR count). The molecule has 0 fully saturated rings. The Bertz CT molecular complexity index is 446. The molecule has 0 atom stereocenters. The van der Waals surface area contributed by atoms with E-state index in [2.05, 4.69) is 33.6 Å². The molecule has 0 saturated carbocycles. The first-order chi connectivity index (χ1) is 6.95. The molecule has 0 aliphatic heterocycles. The third-order valence-corrected chi connectivity index (χ3v) is 1.65. The lowest BCUT2D eigenvalue weighted by Crippen LogP contribution is -1.70. The molecule has 0 spiro atoms. The lowest BCUT2D eigenvalue weighted by molar-refractivity contribution is 1.37. The van der Waals surface area contributed by atoms with E-state index in [4.69, 9.17) is 0 Å². The molecule has 2 nitrogen and oxygen atoms in total. The van der Waals surface area contributed by atoms with Crippen LogP contribution in [0.15, 0.2) is 36.7 Å². The van der Waals surface area contributed by atoms with E-state index in [1.165, 1.54) is 0 Å². The Morgan fingerprint density at radius 1 is 0.786 bits per heavy atom. The van der Waals surface area contributed by atoms with Crippen molar-refractivity contribution in [3.8, 4) is 23.7 Å². The number of rotatable bonds is 0. The minimum Gasteiger partial charge on any atom is -0.355 e. The number of hydrogen-bond donors (Lipinski definition) is 2. The van der Waals surface area contributed by atoms with Gasteiger partial charge in [0.1, 0.15) is 0 Å². The SMILES string of the molecule is C(C#Cc1ccc[nH]1)#Cc1ccc[nH]1. The van der Waals surface area contributed by atoms with Crippen molar-refractivity contribution in [2.24, 2.45) is 0 Å². The summed E-state index contributed by atoms with van der Waals surface area (Å²) in [6, 6.07) is 7.62. The summed E-state index contributed by atoms with van der Waals surface area (Å²) in [5.41, 5.74) is 1.76. The molecule has 66 valence electrons. The fraction of sp³-hybridized carbons (Fsp3) is 0. The molecule has 2 heteroatoms. The highest BCUT2D eigenvalue weighted by Gasteiger charge is 1.81. The second kappa shape index (κ2) is 4.07. The van der Waals surface area contributed by atoms with Crippen molar-refractivity contribution in [2.45, 2.75) is 0 Å². The average Bonchev–Trinajstić information content (AvgIpc) is 2.86. The standard InChI is InChI=1S/C12H8N2/c1(5-11-7-3-9-13-11)2-6-12-8-4-10-14-12/h3-4,7-10,13-14H. The lowest BCUT2D eigenvalue weighted by atomic mass is 10.4. The first-order valence-electron chi connectivity index (χ1n) is 4.24. The number of nitrogens with one attached hydrogen (secondary N) is 2. The summed E-state index contributed by atoms with van der Waals surface area (Å²) < 4.78 is 0. The maximum atomic E-state index is 2.98. The van der Waals surface area contributed by atoms with Gasteiger partial charge < -0.3 is 9.97 Å². The lowest BCUT2D eigenvalue weighted by Gasteiger charge is -1.75. The summed E-state index contributed by atoms with van der Waals surface area (Å²) in [6.07, 6.45) is 3.67. The van der Waals surface area contributed by atoms with E-state index in [1.54, 1.807) is 0 Å². The maximum Gasteiger partial charge on any atom is 0.0903 e. The van der Waals surface area contributed by atoms with Gasteiger partial charge >= 0.3 is 0 Å². The van der Waals surface area contributed by atoms with E-state index in [9.17, 15) is 0 Å². The molecule has 0 aliphatic rings. The fourth-order valence-corrected chi connectivity index (χ4v) is 1.01. The number of hydrogen-bond acceptors (Lipinski definition) is 0. The van der Waals surface area contributed by atoms with Gasteiger partial charge in [-0.05, 0) is 47.9 Å². The number of aromatic nitrogens is 2. The fourth-order valence-electron chi connectivity index (χ4n) is 1.01. The van der Waals surface area contributed by atoms with Crippen molar-refractivity contribution < 1.29 is 0 Å². The molecule has 0 saturated heterocycles. The molecular formula is C12H8N2. The van der Waals surface area contributed by atoms with E-state index < -0.39 is 0 Å². The van der Waals surface area contributed by atoms with Gasteiger partial charge in [-0.1, -0.05) is 0 Å². The molecule has 2 heterocycles. The molecular weight excluding hydrogens is 172 g/mol. The first-order valence-corrected chi connectivity index (χ1v) is 4.24. The quantitative estimate of drug-likeness (QED) is 0.579. The van der Waals surface area contributed by atoms with Gasteiger partial charge in [-0.2, -0.15) is 0 Å². The van der Waals surface area contributed by atoms with Crippen LogP contribution < -0.4 is 0 Å². The second-order valence-electron chi connectivity index (χ2n) is 2.67. The van der Waals surface area contributed by atoms with Gasteiger partial charge in [-0.15, -0.1) is 0 Å². The van der Waals surface area contributed by atoms with Crippen molar-refractivity contribution in [2.75, 3.05) is 0 Å². The minimum atomic E-state index is 0.880. The van der Waals surface area contributed by atoms with Crippen LogP contribution in [0, 0.1) is 23.7 Å². The highest BCUT2D eigenvalue weighted by Crippen LogP contribution is 1.90. The molecule has 0 bridgehead atoms. The van der Waals surface area contributed by atoms with Crippen LogP contribution in [0.3, 0.4) is 0 Å². The molecule has 0 unspecified atom stereocenters. The van der Waals surface area contributed by atoms with Crippen molar-refractivity contribution in [1.82, 2.24) is 9.97 Å². The van der Waals surface area contributed by atoms with Crippen LogP contribution in [0.2, 0.25) is 0 Å². The van der Waals surface area contributed by atoms with Gasteiger partial charge in [0.2, 0.25) is 0 Å². The summed E-state index contributed by atoms with van der Waals surface area (Å²) in [6.45, 7) is 0. The summed E-state index contributed by atoms with van der Waals surface area (Å²) in [5.74, 6) is 11.3. The third-order valence-electron chi connectivity index (χ3n) is 1.65. The molecule has 0 aliphatic carbocycles. The third kappa shape index (κ3) is 2.09. The predicted octanol–water partition coefficient (Wildman–Crippen LogP) is 1.75. The van der Waals surface area contributed by atoms with E-state index >= 15 is 0 Å². The second-order valence-corrected chi connectivity index (χ2v) is 2.67. The summed E-state index contributed by atoms with van der Waals surface area (Å²) in [5, 5.41) is 0. The highest BCUT2D eigenvalue weighted by molar-refractivity contribution is 5.40. The zero-order valence-corrected chi connectivity index (χ0v) is 7.46. The topological polar surface area (TPSA) is 31.6 Å². The van der Waals surface area contributed by atoms with Gasteiger partial charge in [-0.25, -0.2) is 0 Å². The zero-order chi connectivity index (χ0) is 9.64. The summed E-state index contributed by atoms with van der Waals surface area (Å²) >= 11 is 0. The normalized spacial score (nSPS) is 8.29. The summed E-state index contributed by atoms with van der Waals surface area (Å²) in [7, 11) is 0. The molecule has 0 amide bonds. The molecule has 14 heavy (non-hydrogen) atoms. The largest absolute Gasteiger partial charge is 0.355 e. The van der Waals surface area contributed by atoms with Gasteiger partial charge in [0, 0.05) is 12.4 Å². The number of H-pyrrole nitrogens is 2.